The van der Waals surface area contributed by atoms with Gasteiger partial charge >= 0.3 is 39.5 Å². The Morgan fingerprint density at radius 3 is 0.755 bits per heavy atom. The van der Waals surface area contributed by atoms with Gasteiger partial charge in [-0.1, -0.05) is 325 Å². The van der Waals surface area contributed by atoms with Crippen LogP contribution in [0.15, 0.2) is 0 Å². The Kier molecular flexibility index (Phi) is 63.1. The van der Waals surface area contributed by atoms with Gasteiger partial charge in [0.15, 0.2) is 12.2 Å². The molecule has 0 aromatic carbocycles. The number of ether oxygens (including phenoxy) is 4. The molecule has 0 aliphatic rings. The number of aliphatic hydroxyl groups is 1. The van der Waals surface area contributed by atoms with Gasteiger partial charge in [0, 0.05) is 25.7 Å². The fraction of sp³-hybridized carbons (Fsp3) is 0.947. The highest BCUT2D eigenvalue weighted by Gasteiger charge is 2.30. The Balaban J connectivity index is 5.26. The average molecular weight is 1380 g/mol. The van der Waals surface area contributed by atoms with Gasteiger partial charge in [-0.25, -0.2) is 9.13 Å². The lowest BCUT2D eigenvalue weighted by atomic mass is 9.99. The summed E-state index contributed by atoms with van der Waals surface area (Å²) in [6, 6.07) is 0. The first-order chi connectivity index (χ1) is 45.1. The van der Waals surface area contributed by atoms with Crippen LogP contribution in [0.1, 0.15) is 376 Å². The molecule has 4 unspecified atom stereocenters. The van der Waals surface area contributed by atoms with Gasteiger partial charge in [-0.05, 0) is 49.4 Å². The number of hydrogen-bond donors (Lipinski definition) is 3. The zero-order chi connectivity index (χ0) is 69.6. The van der Waals surface area contributed by atoms with Crippen molar-refractivity contribution in [1.82, 2.24) is 0 Å². The van der Waals surface area contributed by atoms with E-state index in [9.17, 15) is 43.2 Å². The maximum Gasteiger partial charge on any atom is 0.472 e. The molecule has 0 spiro atoms. The molecule has 6 atom stereocenters. The quantitative estimate of drug-likeness (QED) is 0.0222. The van der Waals surface area contributed by atoms with Gasteiger partial charge < -0.3 is 33.8 Å². The molecule has 19 heteroatoms. The van der Waals surface area contributed by atoms with E-state index in [1.807, 2.05) is 0 Å². The van der Waals surface area contributed by atoms with Crippen molar-refractivity contribution in [3.05, 3.63) is 0 Å². The largest absolute Gasteiger partial charge is 0.472 e. The predicted molar refractivity (Wildman–Crippen MR) is 381 cm³/mol. The smallest absolute Gasteiger partial charge is 0.462 e. The second-order valence-corrected chi connectivity index (χ2v) is 31.6. The van der Waals surface area contributed by atoms with Crippen LogP contribution in [0.2, 0.25) is 0 Å². The van der Waals surface area contributed by atoms with Crippen LogP contribution in [0.3, 0.4) is 0 Å². The molecular formula is C75H146O17P2. The van der Waals surface area contributed by atoms with Crippen LogP contribution in [-0.4, -0.2) is 96.7 Å². The summed E-state index contributed by atoms with van der Waals surface area (Å²) in [5, 5.41) is 10.6. The lowest BCUT2D eigenvalue weighted by molar-refractivity contribution is -0.161. The van der Waals surface area contributed by atoms with E-state index in [1.165, 1.54) is 180 Å². The van der Waals surface area contributed by atoms with Crippen molar-refractivity contribution in [2.45, 2.75) is 395 Å². The van der Waals surface area contributed by atoms with Gasteiger partial charge in [0.1, 0.15) is 19.3 Å². The Labute approximate surface area is 575 Å². The monoisotopic (exact) mass is 1380 g/mol. The number of rotatable bonds is 72. The first-order valence-corrected chi connectivity index (χ1v) is 41.7. The average Bonchev–Trinajstić information content (AvgIpc) is 3.74. The molecular weight excluding hydrogens is 1230 g/mol. The zero-order valence-electron chi connectivity index (χ0n) is 61.6. The number of esters is 4. The Hall–Kier alpha value is -1.94. The summed E-state index contributed by atoms with van der Waals surface area (Å²) in [6.45, 7) is 14.2. The summed E-state index contributed by atoms with van der Waals surface area (Å²) >= 11 is 0. The molecule has 0 rings (SSSR count). The first-order valence-electron chi connectivity index (χ1n) is 38.7. The van der Waals surface area contributed by atoms with E-state index in [2.05, 4.69) is 55.4 Å². The molecule has 0 fully saturated rings. The number of hydrogen-bond acceptors (Lipinski definition) is 15. The van der Waals surface area contributed by atoms with Gasteiger partial charge in [-0.15, -0.1) is 0 Å². The summed E-state index contributed by atoms with van der Waals surface area (Å²) in [6.07, 6.45) is 48.5. The highest BCUT2D eigenvalue weighted by Crippen LogP contribution is 2.45. The third-order valence-electron chi connectivity index (χ3n) is 17.7. The van der Waals surface area contributed by atoms with Crippen molar-refractivity contribution in [2.75, 3.05) is 39.6 Å². The zero-order valence-corrected chi connectivity index (χ0v) is 63.4. The van der Waals surface area contributed by atoms with Crippen LogP contribution in [0.25, 0.3) is 0 Å². The summed E-state index contributed by atoms with van der Waals surface area (Å²) in [7, 11) is -9.91. The van der Waals surface area contributed by atoms with Gasteiger partial charge in [0.05, 0.1) is 26.4 Å². The van der Waals surface area contributed by atoms with Gasteiger partial charge in [0.25, 0.3) is 0 Å². The normalized spacial score (nSPS) is 14.4. The summed E-state index contributed by atoms with van der Waals surface area (Å²) in [4.78, 5) is 72.8. The highest BCUT2D eigenvalue weighted by atomic mass is 31.2. The van der Waals surface area contributed by atoms with Crippen LogP contribution in [0.5, 0.6) is 0 Å². The minimum Gasteiger partial charge on any atom is -0.462 e. The molecule has 558 valence electrons. The van der Waals surface area contributed by atoms with Crippen LogP contribution in [0, 0.1) is 23.7 Å². The van der Waals surface area contributed by atoms with Gasteiger partial charge in [0.2, 0.25) is 0 Å². The molecule has 0 bridgehead atoms. The van der Waals surface area contributed by atoms with E-state index in [4.69, 9.17) is 37.0 Å². The van der Waals surface area contributed by atoms with E-state index < -0.39 is 97.5 Å². The Morgan fingerprint density at radius 1 is 0.298 bits per heavy atom. The summed E-state index contributed by atoms with van der Waals surface area (Å²) in [5.41, 5.74) is 0. The summed E-state index contributed by atoms with van der Waals surface area (Å²) < 4.78 is 68.5. The minimum atomic E-state index is -4.96. The topological polar surface area (TPSA) is 237 Å². The molecule has 0 saturated heterocycles. The molecule has 0 aliphatic carbocycles. The molecule has 0 aromatic rings. The number of phosphoric ester groups is 2. The number of unbranched alkanes of at least 4 members (excludes halogenated alkanes) is 37. The lowest BCUT2D eigenvalue weighted by Crippen LogP contribution is -2.30. The van der Waals surface area contributed by atoms with Crippen molar-refractivity contribution in [3.63, 3.8) is 0 Å². The predicted octanol–water partition coefficient (Wildman–Crippen LogP) is 21.7. The molecule has 0 aliphatic heterocycles. The van der Waals surface area contributed by atoms with Crippen molar-refractivity contribution in [1.29, 1.82) is 0 Å². The number of aliphatic hydroxyl groups excluding tert-OH is 1. The third kappa shape index (κ3) is 67.3. The molecule has 94 heavy (non-hydrogen) atoms. The highest BCUT2D eigenvalue weighted by molar-refractivity contribution is 7.47. The lowest BCUT2D eigenvalue weighted by Gasteiger charge is -2.21. The molecule has 17 nitrogen and oxygen atoms in total. The first kappa shape index (κ1) is 92.1. The minimum absolute atomic E-state index is 0.104. The molecule has 0 heterocycles. The van der Waals surface area contributed by atoms with E-state index in [0.717, 1.165) is 114 Å². The van der Waals surface area contributed by atoms with Crippen LogP contribution in [0.4, 0.5) is 0 Å². The third-order valence-corrected chi connectivity index (χ3v) is 19.6. The van der Waals surface area contributed by atoms with Gasteiger partial charge in [-0.2, -0.15) is 0 Å². The maximum atomic E-state index is 13.1. The summed E-state index contributed by atoms with van der Waals surface area (Å²) in [5.74, 6) is 0.945. The SMILES string of the molecule is CCC(C)CCCCCCCCCCCCC(=O)OC[C@H](COP(=O)(O)OCC(O)COP(=O)(O)OC[C@@H](COC(=O)CCCCCCCCCCC(C)C)OC(=O)CCCCCCCCCCCC(C)C)OC(=O)CCCCCCCCCCCCCCCCC(C)C. The molecule has 0 saturated carbocycles. The Bertz CT molecular complexity index is 1850. The van der Waals surface area contributed by atoms with E-state index in [0.29, 0.717) is 25.7 Å². The Morgan fingerprint density at radius 2 is 0.511 bits per heavy atom. The van der Waals surface area contributed by atoms with Crippen molar-refractivity contribution < 1.29 is 80.2 Å². The van der Waals surface area contributed by atoms with Crippen LogP contribution in [-0.2, 0) is 65.4 Å². The van der Waals surface area contributed by atoms with Crippen molar-refractivity contribution in [3.8, 4) is 0 Å². The number of carbonyl (C=O) groups is 4. The van der Waals surface area contributed by atoms with E-state index in [1.54, 1.807) is 0 Å². The second-order valence-electron chi connectivity index (χ2n) is 28.7. The molecule has 0 radical (unpaired) electrons. The van der Waals surface area contributed by atoms with Crippen LogP contribution < -0.4 is 0 Å². The maximum absolute atomic E-state index is 13.1. The molecule has 0 amide bonds. The fourth-order valence-corrected chi connectivity index (χ4v) is 12.9. The molecule has 0 aromatic heterocycles. The van der Waals surface area contributed by atoms with Crippen molar-refractivity contribution in [2.24, 2.45) is 23.7 Å². The van der Waals surface area contributed by atoms with E-state index in [-0.39, 0.29) is 25.7 Å². The van der Waals surface area contributed by atoms with E-state index >= 15 is 0 Å². The van der Waals surface area contributed by atoms with Crippen molar-refractivity contribution >= 4 is 39.5 Å². The molecule has 3 N–H and O–H groups in total. The number of carbonyl (C=O) groups excluding carboxylic acids is 4. The second kappa shape index (κ2) is 64.4. The fourth-order valence-electron chi connectivity index (χ4n) is 11.3. The van der Waals surface area contributed by atoms with Gasteiger partial charge in [-0.3, -0.25) is 37.3 Å². The number of phosphoric acid groups is 2. The van der Waals surface area contributed by atoms with Crippen LogP contribution >= 0.6 is 15.6 Å². The standard InChI is InChI=1S/C75H146O17P2/c1-9-68(8)54-46-38-30-21-16-17-22-31-39-47-55-72(77)85-61-70(91-74(79)57-49-41-33-23-15-13-11-10-12-14-19-27-35-43-51-65(2)3)63-89-93(81,82)87-59-69(76)60-88-94(83,84)90-64-71(62-86-73(78)56-48-40-32-26-25-29-37-45-53-67(6)7)92-75(80)58-50-42-34-24-18-20-28-36-44-52-66(4)5/h65-71,76H,9-64H2,1-8H3,(H,81,82)(H,83,84)/t68?,69?,70-,71-/m1/s1.